The van der Waals surface area contributed by atoms with Crippen LogP contribution in [0.15, 0.2) is 21.9 Å². The number of hydrogen-bond acceptors (Lipinski definition) is 2. The molecule has 0 aromatic heterocycles. The largest absolute Gasteiger partial charge is 0.462 e. The molecule has 1 rings (SSSR count). The molecule has 0 radical (unpaired) electrons. The van der Waals surface area contributed by atoms with Crippen LogP contribution in [0.4, 0.5) is 0 Å². The summed E-state index contributed by atoms with van der Waals surface area (Å²) in [6.07, 6.45) is 2.76. The topological polar surface area (TPSA) is 35.2 Å². The fraction of sp³-hybridized carbons (Fsp3) is 0.200. The van der Waals surface area contributed by atoms with E-state index >= 15 is 0 Å². The van der Waals surface area contributed by atoms with E-state index < -0.39 is 5.18 Å². The fourth-order valence-corrected chi connectivity index (χ4v) is 1.10. The van der Waals surface area contributed by atoms with Crippen molar-refractivity contribution in [2.45, 2.75) is 5.18 Å². The molecular formula is C5H4BrCl2NO. The summed E-state index contributed by atoms with van der Waals surface area (Å²) in [4.78, 5) is 0. The van der Waals surface area contributed by atoms with Gasteiger partial charge in [0.25, 0.3) is 5.18 Å². The Morgan fingerprint density at radius 2 is 2.30 bits per heavy atom. The van der Waals surface area contributed by atoms with Gasteiger partial charge in [0.2, 0.25) is 0 Å². The monoisotopic (exact) mass is 243 g/mol. The Morgan fingerprint density at radius 1 is 1.70 bits per heavy atom. The molecule has 56 valence electrons. The number of halogens is 3. The summed E-state index contributed by atoms with van der Waals surface area (Å²) < 4.78 is 5.46. The molecule has 2 N–H and O–H groups in total. The predicted molar refractivity (Wildman–Crippen MR) is 44.8 cm³/mol. The molecule has 0 aromatic carbocycles. The van der Waals surface area contributed by atoms with Gasteiger partial charge < -0.3 is 4.74 Å². The summed E-state index contributed by atoms with van der Waals surface area (Å²) >= 11 is 14.3. The van der Waals surface area contributed by atoms with Crippen molar-refractivity contribution in [3.05, 3.63) is 21.9 Å². The summed E-state index contributed by atoms with van der Waals surface area (Å²) in [6, 6.07) is 0. The van der Waals surface area contributed by atoms with Crippen LogP contribution in [0.1, 0.15) is 0 Å². The molecule has 1 atom stereocenters. The summed E-state index contributed by atoms with van der Waals surface area (Å²) in [5.41, 5.74) is 5.35. The van der Waals surface area contributed by atoms with E-state index in [1.807, 2.05) is 0 Å². The Hall–Kier alpha value is 0.300. The highest BCUT2D eigenvalue weighted by Crippen LogP contribution is 2.30. The first-order chi connectivity index (χ1) is 4.51. The summed E-state index contributed by atoms with van der Waals surface area (Å²) in [5.74, 6) is 0. The Morgan fingerprint density at radius 3 is 2.70 bits per heavy atom. The minimum atomic E-state index is -1.30. The average Bonchev–Trinajstić information content (AvgIpc) is 1.79. The zero-order valence-electron chi connectivity index (χ0n) is 4.77. The van der Waals surface area contributed by atoms with Crippen LogP contribution >= 0.6 is 39.1 Å². The SMILES string of the molecule is NC1(Cl)C=C(Cl)C(Br)=CO1. The molecule has 1 aliphatic heterocycles. The van der Waals surface area contributed by atoms with Gasteiger partial charge in [-0.2, -0.15) is 0 Å². The van der Waals surface area contributed by atoms with Crippen LogP contribution in [0.25, 0.3) is 0 Å². The van der Waals surface area contributed by atoms with E-state index in [0.717, 1.165) is 0 Å². The number of nitrogens with two attached hydrogens (primary N) is 1. The van der Waals surface area contributed by atoms with Gasteiger partial charge in [-0.3, -0.25) is 5.73 Å². The first-order valence-electron chi connectivity index (χ1n) is 2.41. The molecule has 0 fully saturated rings. The van der Waals surface area contributed by atoms with Crippen LogP contribution in [0, 0.1) is 0 Å². The number of ether oxygens (including phenoxy) is 1. The molecule has 0 aliphatic carbocycles. The van der Waals surface area contributed by atoms with Gasteiger partial charge in [0.05, 0.1) is 9.51 Å². The summed E-state index contributed by atoms with van der Waals surface area (Å²) in [5, 5.41) is -0.849. The average molecular weight is 245 g/mol. The highest BCUT2D eigenvalue weighted by atomic mass is 79.9. The molecule has 0 amide bonds. The van der Waals surface area contributed by atoms with Crippen molar-refractivity contribution in [1.29, 1.82) is 0 Å². The highest BCUT2D eigenvalue weighted by Gasteiger charge is 2.23. The Balaban J connectivity index is 2.87. The maximum atomic E-state index is 5.65. The smallest absolute Gasteiger partial charge is 0.256 e. The van der Waals surface area contributed by atoms with Crippen molar-refractivity contribution in [3.8, 4) is 0 Å². The molecule has 1 aliphatic rings. The van der Waals surface area contributed by atoms with Crippen LogP contribution in [0.5, 0.6) is 0 Å². The lowest BCUT2D eigenvalue weighted by atomic mass is 10.4. The fourth-order valence-electron chi connectivity index (χ4n) is 0.474. The maximum absolute atomic E-state index is 5.65. The third kappa shape index (κ3) is 1.89. The van der Waals surface area contributed by atoms with Gasteiger partial charge >= 0.3 is 0 Å². The van der Waals surface area contributed by atoms with E-state index in [-0.39, 0.29) is 0 Å². The maximum Gasteiger partial charge on any atom is 0.256 e. The second kappa shape index (κ2) is 2.74. The molecule has 1 unspecified atom stereocenters. The highest BCUT2D eigenvalue weighted by molar-refractivity contribution is 9.12. The molecule has 0 saturated heterocycles. The van der Waals surface area contributed by atoms with Gasteiger partial charge in [0.1, 0.15) is 6.26 Å². The Bertz CT molecular complexity index is 212. The van der Waals surface area contributed by atoms with E-state index in [0.29, 0.717) is 9.51 Å². The van der Waals surface area contributed by atoms with Crippen LogP contribution < -0.4 is 5.73 Å². The quantitative estimate of drug-likeness (QED) is 0.524. The van der Waals surface area contributed by atoms with E-state index in [2.05, 4.69) is 15.9 Å². The van der Waals surface area contributed by atoms with Gasteiger partial charge in [0, 0.05) is 6.08 Å². The number of rotatable bonds is 0. The van der Waals surface area contributed by atoms with E-state index in [9.17, 15) is 0 Å². The summed E-state index contributed by atoms with van der Waals surface area (Å²) in [6.45, 7) is 0. The van der Waals surface area contributed by atoms with Crippen LogP contribution in [-0.2, 0) is 4.74 Å². The van der Waals surface area contributed by atoms with Crippen molar-refractivity contribution in [2.24, 2.45) is 5.73 Å². The standard InChI is InChI=1S/C5H4BrCl2NO/c6-3-2-10-5(8,9)1-4(3)7/h1-2H,9H2. The molecule has 0 spiro atoms. The van der Waals surface area contributed by atoms with Crippen LogP contribution in [0.2, 0.25) is 0 Å². The minimum absolute atomic E-state index is 0.448. The molecule has 1 heterocycles. The Kier molecular flexibility index (Phi) is 2.30. The van der Waals surface area contributed by atoms with Crippen molar-refractivity contribution >= 4 is 39.1 Å². The molecule has 10 heavy (non-hydrogen) atoms. The zero-order valence-corrected chi connectivity index (χ0v) is 7.87. The van der Waals surface area contributed by atoms with Crippen LogP contribution in [-0.4, -0.2) is 5.18 Å². The number of alkyl halides is 1. The molecule has 0 bridgehead atoms. The second-order valence-corrected chi connectivity index (χ2v) is 3.63. The van der Waals surface area contributed by atoms with E-state index in [4.69, 9.17) is 33.7 Å². The second-order valence-electron chi connectivity index (χ2n) is 1.77. The van der Waals surface area contributed by atoms with E-state index in [1.54, 1.807) is 0 Å². The van der Waals surface area contributed by atoms with Gasteiger partial charge in [0.15, 0.2) is 0 Å². The Labute approximate surface area is 76.7 Å². The first kappa shape index (κ1) is 8.40. The normalized spacial score (nSPS) is 32.4. The van der Waals surface area contributed by atoms with Gasteiger partial charge in [-0.15, -0.1) is 0 Å². The summed E-state index contributed by atoms with van der Waals surface area (Å²) in [7, 11) is 0. The molecular weight excluding hydrogens is 241 g/mol. The van der Waals surface area contributed by atoms with Crippen LogP contribution in [0.3, 0.4) is 0 Å². The lowest BCUT2D eigenvalue weighted by Crippen LogP contribution is -2.33. The van der Waals surface area contributed by atoms with Gasteiger partial charge in [-0.25, -0.2) is 0 Å². The molecule has 5 heteroatoms. The van der Waals surface area contributed by atoms with Gasteiger partial charge in [-0.05, 0) is 15.9 Å². The third-order valence-electron chi connectivity index (χ3n) is 0.895. The minimum Gasteiger partial charge on any atom is -0.462 e. The third-order valence-corrected chi connectivity index (χ3v) is 2.25. The molecule has 0 saturated carbocycles. The molecule has 0 aromatic rings. The predicted octanol–water partition coefficient (Wildman–Crippen LogP) is 2.23. The van der Waals surface area contributed by atoms with Crippen molar-refractivity contribution in [2.75, 3.05) is 0 Å². The van der Waals surface area contributed by atoms with Crippen molar-refractivity contribution in [1.82, 2.24) is 0 Å². The lowest BCUT2D eigenvalue weighted by Gasteiger charge is -2.21. The molecule has 2 nitrogen and oxygen atoms in total. The number of allylic oxidation sites excluding steroid dienone is 2. The van der Waals surface area contributed by atoms with Crippen molar-refractivity contribution < 1.29 is 4.74 Å². The number of hydrogen-bond donors (Lipinski definition) is 1. The van der Waals surface area contributed by atoms with Crippen molar-refractivity contribution in [3.63, 3.8) is 0 Å². The van der Waals surface area contributed by atoms with E-state index in [1.165, 1.54) is 12.3 Å². The zero-order chi connectivity index (χ0) is 7.78. The first-order valence-corrected chi connectivity index (χ1v) is 3.96. The van der Waals surface area contributed by atoms with Gasteiger partial charge in [-0.1, -0.05) is 23.2 Å². The lowest BCUT2D eigenvalue weighted by molar-refractivity contribution is 0.149.